The Balaban J connectivity index is 1.76. The molecule has 1 atom stereocenters. The van der Waals surface area contributed by atoms with Gasteiger partial charge in [0.15, 0.2) is 5.78 Å². The number of anilines is 2. The fourth-order valence-electron chi connectivity index (χ4n) is 3.64. The lowest BCUT2D eigenvalue weighted by Crippen LogP contribution is -2.53. The molecule has 156 valence electrons. The number of carbonyl (C=O) groups is 1. The third-order valence-electron chi connectivity index (χ3n) is 5.62. The lowest BCUT2D eigenvalue weighted by Gasteiger charge is -2.38. The van der Waals surface area contributed by atoms with Crippen LogP contribution in [-0.4, -0.2) is 59.1 Å². The number of aromatic nitrogens is 2. The van der Waals surface area contributed by atoms with Crippen molar-refractivity contribution in [3.8, 4) is 5.75 Å². The Morgan fingerprint density at radius 2 is 1.76 bits per heavy atom. The average molecular weight is 401 g/mol. The molecule has 2 aromatic rings. The molecule has 0 bridgehead atoms. The maximum absolute atomic E-state index is 13.1. The number of rotatable bonds is 5. The quantitative estimate of drug-likeness (QED) is 0.707. The molecule has 9 heteroatoms. The van der Waals surface area contributed by atoms with Crippen molar-refractivity contribution in [1.82, 2.24) is 14.0 Å². The number of piperazine rings is 1. The van der Waals surface area contributed by atoms with E-state index in [0.29, 0.717) is 13.1 Å². The molecular weight excluding hydrogens is 374 g/mol. The molecule has 1 unspecified atom stereocenters. The highest BCUT2D eigenvalue weighted by Gasteiger charge is 2.30. The van der Waals surface area contributed by atoms with Crippen molar-refractivity contribution in [3.05, 3.63) is 50.7 Å². The zero-order chi connectivity index (χ0) is 21.3. The van der Waals surface area contributed by atoms with Crippen LogP contribution < -0.4 is 26.6 Å². The molecule has 0 spiro atoms. The van der Waals surface area contributed by atoms with E-state index in [-0.39, 0.29) is 17.2 Å². The number of nitrogens with zero attached hydrogens (tertiary/aromatic N) is 4. The van der Waals surface area contributed by atoms with Gasteiger partial charge < -0.3 is 15.4 Å². The molecule has 9 nitrogen and oxygen atoms in total. The molecule has 1 aliphatic heterocycles. The summed E-state index contributed by atoms with van der Waals surface area (Å²) in [5.74, 6) is 0.341. The van der Waals surface area contributed by atoms with Crippen molar-refractivity contribution in [1.29, 1.82) is 0 Å². The van der Waals surface area contributed by atoms with Gasteiger partial charge in [0.05, 0.1) is 13.2 Å². The maximum Gasteiger partial charge on any atom is 0.332 e. The van der Waals surface area contributed by atoms with Gasteiger partial charge in [-0.15, -0.1) is 0 Å². The summed E-state index contributed by atoms with van der Waals surface area (Å²) in [5.41, 5.74) is 5.67. The van der Waals surface area contributed by atoms with Gasteiger partial charge in [-0.25, -0.2) is 4.79 Å². The maximum atomic E-state index is 13.1. The smallest absolute Gasteiger partial charge is 0.332 e. The number of Topliss-reactive ketones (excluding diaryl/α,β-unsaturated/α-hetero) is 1. The zero-order valence-electron chi connectivity index (χ0n) is 17.2. The lowest BCUT2D eigenvalue weighted by atomic mass is 10.0. The molecule has 1 saturated heterocycles. The van der Waals surface area contributed by atoms with Gasteiger partial charge in [-0.05, 0) is 19.1 Å². The van der Waals surface area contributed by atoms with Crippen molar-refractivity contribution < 1.29 is 9.53 Å². The van der Waals surface area contributed by atoms with E-state index in [9.17, 15) is 14.4 Å². The minimum Gasteiger partial charge on any atom is -0.497 e. The molecule has 1 fully saturated rings. The third kappa shape index (κ3) is 3.77. The second-order valence-electron chi connectivity index (χ2n) is 7.23. The SMILES string of the molecule is COc1cccc(N2CCN(C(C)C(=O)c3c(N)n(C)c(=O)n(C)c3=O)CC2)c1. The van der Waals surface area contributed by atoms with Crippen LogP contribution in [0.2, 0.25) is 0 Å². The summed E-state index contributed by atoms with van der Waals surface area (Å²) in [4.78, 5) is 41.8. The number of nitrogen functional groups attached to an aromatic ring is 1. The standard InChI is InChI=1S/C20H27N5O4/c1-13(17(26)16-18(21)22(2)20(28)23(3)19(16)27)24-8-10-25(11-9-24)14-6-5-7-15(12-14)29-4/h5-7,12-13H,8-11,21H2,1-4H3. The summed E-state index contributed by atoms with van der Waals surface area (Å²) in [6.45, 7) is 4.58. The molecule has 1 aromatic heterocycles. The Hall–Kier alpha value is -3.07. The van der Waals surface area contributed by atoms with E-state index in [1.807, 2.05) is 29.2 Å². The Bertz CT molecular complexity index is 1030. The number of hydrogen-bond donors (Lipinski definition) is 1. The predicted octanol–water partition coefficient (Wildman–Crippen LogP) is 0.0682. The number of nitrogens with two attached hydrogens (primary N) is 1. The van der Waals surface area contributed by atoms with E-state index in [2.05, 4.69) is 4.90 Å². The summed E-state index contributed by atoms with van der Waals surface area (Å²) in [6.07, 6.45) is 0. The number of ketones is 1. The van der Waals surface area contributed by atoms with Crippen LogP contribution in [0.15, 0.2) is 33.9 Å². The van der Waals surface area contributed by atoms with E-state index in [0.717, 1.165) is 33.7 Å². The van der Waals surface area contributed by atoms with Gasteiger partial charge in [0.25, 0.3) is 5.56 Å². The number of methoxy groups -OCH3 is 1. The van der Waals surface area contributed by atoms with Crippen LogP contribution in [0, 0.1) is 0 Å². The summed E-state index contributed by atoms with van der Waals surface area (Å²) >= 11 is 0. The van der Waals surface area contributed by atoms with Crippen LogP contribution in [0.3, 0.4) is 0 Å². The third-order valence-corrected chi connectivity index (χ3v) is 5.62. The topological polar surface area (TPSA) is 103 Å². The first-order chi connectivity index (χ1) is 13.8. The van der Waals surface area contributed by atoms with Crippen molar-refractivity contribution in [2.24, 2.45) is 14.1 Å². The number of carbonyl (C=O) groups excluding carboxylic acids is 1. The van der Waals surface area contributed by atoms with E-state index < -0.39 is 17.3 Å². The van der Waals surface area contributed by atoms with Crippen molar-refractivity contribution in [3.63, 3.8) is 0 Å². The first-order valence-electron chi connectivity index (χ1n) is 9.49. The molecule has 0 saturated carbocycles. The Labute approximate surface area is 168 Å². The largest absolute Gasteiger partial charge is 0.497 e. The molecule has 29 heavy (non-hydrogen) atoms. The molecule has 1 aliphatic rings. The fraction of sp³-hybridized carbons (Fsp3) is 0.450. The van der Waals surface area contributed by atoms with E-state index in [4.69, 9.17) is 10.5 Å². The molecular formula is C20H27N5O4. The first kappa shape index (κ1) is 20.7. The fourth-order valence-corrected chi connectivity index (χ4v) is 3.64. The molecule has 2 N–H and O–H groups in total. The van der Waals surface area contributed by atoms with Crippen molar-refractivity contribution in [2.45, 2.75) is 13.0 Å². The monoisotopic (exact) mass is 401 g/mol. The highest BCUT2D eigenvalue weighted by molar-refractivity contribution is 6.03. The summed E-state index contributed by atoms with van der Waals surface area (Å²) in [7, 11) is 4.43. The Morgan fingerprint density at radius 1 is 1.10 bits per heavy atom. The van der Waals surface area contributed by atoms with Crippen LogP contribution in [0.25, 0.3) is 0 Å². The van der Waals surface area contributed by atoms with E-state index >= 15 is 0 Å². The minimum atomic E-state index is -0.655. The van der Waals surface area contributed by atoms with Crippen LogP contribution >= 0.6 is 0 Å². The van der Waals surface area contributed by atoms with Gasteiger partial charge in [-0.1, -0.05) is 6.07 Å². The summed E-state index contributed by atoms with van der Waals surface area (Å²) in [5, 5.41) is 0. The van der Waals surface area contributed by atoms with Crippen molar-refractivity contribution in [2.75, 3.05) is 43.9 Å². The van der Waals surface area contributed by atoms with Gasteiger partial charge in [0, 0.05) is 52.0 Å². The summed E-state index contributed by atoms with van der Waals surface area (Å²) in [6, 6.07) is 7.35. The Morgan fingerprint density at radius 3 is 2.38 bits per heavy atom. The molecule has 1 aromatic carbocycles. The van der Waals surface area contributed by atoms with Gasteiger partial charge >= 0.3 is 5.69 Å². The normalized spacial score (nSPS) is 15.9. The van der Waals surface area contributed by atoms with Crippen LogP contribution in [0.1, 0.15) is 17.3 Å². The van der Waals surface area contributed by atoms with Crippen molar-refractivity contribution >= 4 is 17.3 Å². The first-order valence-corrected chi connectivity index (χ1v) is 9.49. The second kappa shape index (κ2) is 8.12. The molecule has 2 heterocycles. The predicted molar refractivity (Wildman–Crippen MR) is 112 cm³/mol. The number of hydrogen-bond acceptors (Lipinski definition) is 7. The molecule has 0 radical (unpaired) electrons. The lowest BCUT2D eigenvalue weighted by molar-refractivity contribution is 0.0828. The average Bonchev–Trinajstić information content (AvgIpc) is 2.76. The van der Waals surface area contributed by atoms with Gasteiger partial charge in [0.1, 0.15) is 17.1 Å². The number of benzene rings is 1. The van der Waals surface area contributed by atoms with Crippen LogP contribution in [-0.2, 0) is 14.1 Å². The molecule has 0 aliphatic carbocycles. The van der Waals surface area contributed by atoms with Crippen LogP contribution in [0.4, 0.5) is 11.5 Å². The highest BCUT2D eigenvalue weighted by Crippen LogP contribution is 2.23. The van der Waals surface area contributed by atoms with Gasteiger partial charge in [0.2, 0.25) is 0 Å². The minimum absolute atomic E-state index is 0.0926. The number of ether oxygens (including phenoxy) is 1. The highest BCUT2D eigenvalue weighted by atomic mass is 16.5. The summed E-state index contributed by atoms with van der Waals surface area (Å²) < 4.78 is 7.33. The molecule has 3 rings (SSSR count). The Kier molecular flexibility index (Phi) is 5.78. The second-order valence-corrected chi connectivity index (χ2v) is 7.23. The zero-order valence-corrected chi connectivity index (χ0v) is 17.2. The van der Waals surface area contributed by atoms with E-state index in [1.165, 1.54) is 14.1 Å². The van der Waals surface area contributed by atoms with Gasteiger partial charge in [-0.2, -0.15) is 0 Å². The van der Waals surface area contributed by atoms with Crippen LogP contribution in [0.5, 0.6) is 5.75 Å². The van der Waals surface area contributed by atoms with Gasteiger partial charge in [-0.3, -0.25) is 23.6 Å². The van der Waals surface area contributed by atoms with E-state index in [1.54, 1.807) is 14.0 Å². The molecule has 0 amide bonds.